The van der Waals surface area contributed by atoms with Crippen molar-refractivity contribution in [1.29, 1.82) is 0 Å². The monoisotopic (exact) mass is 363 g/mol. The van der Waals surface area contributed by atoms with E-state index in [1.165, 1.54) is 12.5 Å². The Labute approximate surface area is 156 Å². The molecule has 3 aliphatic heterocycles. The van der Waals surface area contributed by atoms with E-state index in [0.717, 1.165) is 45.3 Å². The molecule has 6 heteroatoms. The molecule has 3 heterocycles. The van der Waals surface area contributed by atoms with Crippen molar-refractivity contribution in [1.82, 2.24) is 15.5 Å². The van der Waals surface area contributed by atoms with Crippen LogP contribution in [-0.2, 0) is 14.3 Å². The molecule has 0 saturated carbocycles. The molecule has 1 spiro atoms. The number of hydrogen-bond acceptors (Lipinski definition) is 4. The van der Waals surface area contributed by atoms with E-state index in [1.54, 1.807) is 0 Å². The largest absolute Gasteiger partial charge is 0.370 e. The Morgan fingerprint density at radius 3 is 2.85 bits per heavy atom. The van der Waals surface area contributed by atoms with Crippen molar-refractivity contribution in [2.75, 3.05) is 32.7 Å². The Balaban J connectivity index is 1.51. The van der Waals surface area contributed by atoms with E-state index in [2.05, 4.69) is 35.5 Å². The lowest BCUT2D eigenvalue weighted by Crippen LogP contribution is -2.44. The molecular formula is C20H33N3O3. The first kappa shape index (κ1) is 19.4. The number of hydrogen-bond donors (Lipinski definition) is 2. The number of allylic oxidation sites excluding steroid dienone is 1. The van der Waals surface area contributed by atoms with E-state index >= 15 is 0 Å². The maximum Gasteiger partial charge on any atom is 0.239 e. The molecule has 0 aromatic rings. The molecule has 0 aromatic heterocycles. The fourth-order valence-corrected chi connectivity index (χ4v) is 4.87. The lowest BCUT2D eigenvalue weighted by atomic mass is 9.73. The average Bonchev–Trinajstić information content (AvgIpc) is 3.25. The summed E-state index contributed by atoms with van der Waals surface area (Å²) in [7, 11) is 0. The third kappa shape index (κ3) is 4.12. The van der Waals surface area contributed by atoms with Crippen LogP contribution in [0.2, 0.25) is 0 Å². The molecule has 0 unspecified atom stereocenters. The lowest BCUT2D eigenvalue weighted by Gasteiger charge is -2.29. The van der Waals surface area contributed by atoms with Gasteiger partial charge in [0.2, 0.25) is 11.8 Å². The number of ether oxygens (including phenoxy) is 1. The fourth-order valence-electron chi connectivity index (χ4n) is 4.87. The summed E-state index contributed by atoms with van der Waals surface area (Å²) in [4.78, 5) is 25.4. The Morgan fingerprint density at radius 1 is 1.31 bits per heavy atom. The third-order valence-electron chi connectivity index (χ3n) is 6.38. The first-order valence-corrected chi connectivity index (χ1v) is 10.0. The van der Waals surface area contributed by atoms with Crippen molar-refractivity contribution in [2.45, 2.75) is 58.2 Å². The highest BCUT2D eigenvalue weighted by atomic mass is 16.5. The number of likely N-dealkylation sites (tertiary alicyclic amines) is 1. The Bertz CT molecular complexity index is 577. The van der Waals surface area contributed by atoms with Crippen LogP contribution in [0.5, 0.6) is 0 Å². The standard InChI is InChI=1S/C20H33N3O3/c1-4-14(2)6-5-9-23-12-17-16(10-22-19(25)11-21-15(3)24)18-7-8-20(17,13-23)26-18/h6,16-18H,4-5,7-13H2,1-3H3,(H,21,24)(H,22,25)/t16-,17+,18+,20+/m0/s1. The minimum Gasteiger partial charge on any atom is -0.370 e. The smallest absolute Gasteiger partial charge is 0.239 e. The predicted octanol–water partition coefficient (Wildman–Crippen LogP) is 1.46. The lowest BCUT2D eigenvalue weighted by molar-refractivity contribution is -0.125. The highest BCUT2D eigenvalue weighted by Gasteiger charge is 2.62. The topological polar surface area (TPSA) is 70.7 Å². The maximum atomic E-state index is 11.9. The molecule has 3 rings (SSSR count). The number of rotatable bonds is 8. The molecule has 0 aliphatic carbocycles. The van der Waals surface area contributed by atoms with Gasteiger partial charge in [-0.1, -0.05) is 18.6 Å². The molecule has 3 saturated heterocycles. The van der Waals surface area contributed by atoms with Gasteiger partial charge in [-0.25, -0.2) is 0 Å². The van der Waals surface area contributed by atoms with Crippen LogP contribution in [0.4, 0.5) is 0 Å². The molecule has 3 fully saturated rings. The van der Waals surface area contributed by atoms with Crippen LogP contribution >= 0.6 is 0 Å². The van der Waals surface area contributed by atoms with Crippen LogP contribution in [0.15, 0.2) is 11.6 Å². The van der Waals surface area contributed by atoms with Gasteiger partial charge in [-0.15, -0.1) is 0 Å². The van der Waals surface area contributed by atoms with Crippen molar-refractivity contribution in [3.05, 3.63) is 11.6 Å². The van der Waals surface area contributed by atoms with Crippen molar-refractivity contribution in [3.8, 4) is 0 Å². The highest BCUT2D eigenvalue weighted by molar-refractivity contribution is 5.83. The van der Waals surface area contributed by atoms with Gasteiger partial charge in [-0.3, -0.25) is 14.5 Å². The number of carbonyl (C=O) groups is 2. The summed E-state index contributed by atoms with van der Waals surface area (Å²) in [5, 5.41) is 5.54. The maximum absolute atomic E-state index is 11.9. The summed E-state index contributed by atoms with van der Waals surface area (Å²) in [6.45, 7) is 9.71. The first-order chi connectivity index (χ1) is 12.4. The molecule has 0 aromatic carbocycles. The van der Waals surface area contributed by atoms with Crippen molar-refractivity contribution < 1.29 is 14.3 Å². The zero-order valence-electron chi connectivity index (χ0n) is 16.3. The highest BCUT2D eigenvalue weighted by Crippen LogP contribution is 2.54. The zero-order valence-corrected chi connectivity index (χ0v) is 16.3. The number of nitrogens with one attached hydrogen (secondary N) is 2. The molecule has 26 heavy (non-hydrogen) atoms. The molecule has 3 aliphatic rings. The Kier molecular flexibility index (Phi) is 6.03. The summed E-state index contributed by atoms with van der Waals surface area (Å²) in [5.74, 6) is 0.606. The molecule has 0 radical (unpaired) electrons. The number of carbonyl (C=O) groups excluding carboxylic acids is 2. The van der Waals surface area contributed by atoms with Crippen LogP contribution in [0.25, 0.3) is 0 Å². The van der Waals surface area contributed by atoms with Crippen LogP contribution in [0.3, 0.4) is 0 Å². The van der Waals surface area contributed by atoms with Crippen molar-refractivity contribution in [2.24, 2.45) is 11.8 Å². The number of nitrogens with zero attached hydrogens (tertiary/aromatic N) is 1. The van der Waals surface area contributed by atoms with Gasteiger partial charge in [0.1, 0.15) is 0 Å². The third-order valence-corrected chi connectivity index (χ3v) is 6.38. The summed E-state index contributed by atoms with van der Waals surface area (Å²) < 4.78 is 6.43. The molecule has 6 nitrogen and oxygen atoms in total. The number of fused-ring (bicyclic) bond motifs is 1. The van der Waals surface area contributed by atoms with Gasteiger partial charge in [-0.05, 0) is 32.6 Å². The normalized spacial score (nSPS) is 33.3. The van der Waals surface area contributed by atoms with Gasteiger partial charge >= 0.3 is 0 Å². The van der Waals surface area contributed by atoms with Gasteiger partial charge in [0.15, 0.2) is 0 Å². The van der Waals surface area contributed by atoms with Gasteiger partial charge in [0, 0.05) is 44.9 Å². The first-order valence-electron chi connectivity index (χ1n) is 10.0. The second kappa shape index (κ2) is 8.09. The Morgan fingerprint density at radius 2 is 2.12 bits per heavy atom. The van der Waals surface area contributed by atoms with Crippen LogP contribution in [-0.4, -0.2) is 61.1 Å². The van der Waals surface area contributed by atoms with Gasteiger partial charge < -0.3 is 15.4 Å². The molecule has 4 atom stereocenters. The van der Waals surface area contributed by atoms with E-state index in [4.69, 9.17) is 4.74 Å². The van der Waals surface area contributed by atoms with E-state index < -0.39 is 0 Å². The van der Waals surface area contributed by atoms with Crippen LogP contribution in [0.1, 0.15) is 46.5 Å². The predicted molar refractivity (Wildman–Crippen MR) is 101 cm³/mol. The number of amides is 2. The zero-order chi connectivity index (χ0) is 18.7. The van der Waals surface area contributed by atoms with Crippen LogP contribution < -0.4 is 10.6 Å². The van der Waals surface area contributed by atoms with E-state index in [-0.39, 0.29) is 30.1 Å². The minimum atomic E-state index is -0.179. The quantitative estimate of drug-likeness (QED) is 0.641. The van der Waals surface area contributed by atoms with Gasteiger partial charge in [-0.2, -0.15) is 0 Å². The van der Waals surface area contributed by atoms with E-state index in [9.17, 15) is 9.59 Å². The second-order valence-electron chi connectivity index (χ2n) is 8.17. The van der Waals surface area contributed by atoms with Crippen molar-refractivity contribution >= 4 is 11.8 Å². The van der Waals surface area contributed by atoms with Crippen LogP contribution in [0, 0.1) is 11.8 Å². The SMILES string of the molecule is CCC(C)=CCCN1C[C@@H]2[C@H](CNC(=O)CNC(C)=O)[C@H]3CC[C@]2(C1)O3. The second-order valence-corrected chi connectivity index (χ2v) is 8.17. The molecule has 146 valence electrons. The summed E-state index contributed by atoms with van der Waals surface area (Å²) in [5.41, 5.74) is 1.47. The minimum absolute atomic E-state index is 0.0151. The summed E-state index contributed by atoms with van der Waals surface area (Å²) in [6, 6.07) is 0. The Hall–Kier alpha value is -1.40. The van der Waals surface area contributed by atoms with Crippen molar-refractivity contribution in [3.63, 3.8) is 0 Å². The molecular weight excluding hydrogens is 330 g/mol. The van der Waals surface area contributed by atoms with Gasteiger partial charge in [0.25, 0.3) is 0 Å². The van der Waals surface area contributed by atoms with Gasteiger partial charge in [0.05, 0.1) is 18.2 Å². The molecule has 2 bridgehead atoms. The average molecular weight is 364 g/mol. The van der Waals surface area contributed by atoms with E-state index in [0.29, 0.717) is 18.4 Å². The fraction of sp³-hybridized carbons (Fsp3) is 0.800. The summed E-state index contributed by atoms with van der Waals surface area (Å²) in [6.07, 6.45) is 7.11. The molecule has 2 amide bonds. The van der Waals surface area contributed by atoms with E-state index in [1.807, 2.05) is 0 Å². The molecule has 2 N–H and O–H groups in total. The summed E-state index contributed by atoms with van der Waals surface area (Å²) >= 11 is 0.